The molecule has 0 aliphatic rings. The summed E-state index contributed by atoms with van der Waals surface area (Å²) >= 11 is 0. The molecule has 5 heteroatoms. The number of nitrogens with zero attached hydrogens (tertiary/aromatic N) is 2. The normalized spacial score (nSPS) is 11.1. The van der Waals surface area contributed by atoms with Crippen molar-refractivity contribution < 1.29 is 0 Å². The third kappa shape index (κ3) is 5.68. The predicted octanol–water partition coefficient (Wildman–Crippen LogP) is 1.66. The first-order valence-electron chi connectivity index (χ1n) is 5.77. The highest BCUT2D eigenvalue weighted by Crippen LogP contribution is 2.10. The maximum atomic E-state index is 4.10. The van der Waals surface area contributed by atoms with Gasteiger partial charge in [-0.3, -0.25) is 4.99 Å². The Bertz CT molecular complexity index is 377. The molecule has 2 N–H and O–H groups in total. The van der Waals surface area contributed by atoms with Gasteiger partial charge < -0.3 is 15.5 Å². The summed E-state index contributed by atoms with van der Waals surface area (Å²) in [5.41, 5.74) is 2.65. The summed E-state index contributed by atoms with van der Waals surface area (Å²) in [6.07, 6.45) is 0. The van der Waals surface area contributed by atoms with Crippen LogP contribution in [0.1, 0.15) is 11.1 Å². The Kier molecular flexibility index (Phi) is 8.74. The molecule has 0 amide bonds. The lowest BCUT2D eigenvalue weighted by molar-refractivity contribution is 0.400. The number of rotatable bonds is 4. The summed E-state index contributed by atoms with van der Waals surface area (Å²) in [7, 11) is 7.79. The Labute approximate surface area is 127 Å². The number of hydrogen-bond donors (Lipinski definition) is 2. The summed E-state index contributed by atoms with van der Waals surface area (Å²) in [6, 6.07) is 8.46. The lowest BCUT2D eigenvalue weighted by Gasteiger charge is -2.15. The Balaban J connectivity index is 0.00000289. The number of guanidine groups is 1. The molecule has 102 valence electrons. The monoisotopic (exact) mass is 362 g/mol. The molecule has 0 saturated heterocycles. The highest BCUT2D eigenvalue weighted by atomic mass is 127. The Hall–Kier alpha value is -0.820. The van der Waals surface area contributed by atoms with Gasteiger partial charge in [0, 0.05) is 27.2 Å². The van der Waals surface area contributed by atoms with Crippen LogP contribution in [0.5, 0.6) is 0 Å². The molecule has 0 fully saturated rings. The van der Waals surface area contributed by atoms with Gasteiger partial charge in [0.2, 0.25) is 0 Å². The maximum absolute atomic E-state index is 4.10. The van der Waals surface area contributed by atoms with Gasteiger partial charge in [0.05, 0.1) is 0 Å². The van der Waals surface area contributed by atoms with Gasteiger partial charge in [0.1, 0.15) is 0 Å². The minimum atomic E-state index is 0. The molecular formula is C13H23IN4. The largest absolute Gasteiger partial charge is 0.359 e. The Morgan fingerprint density at radius 3 is 2.33 bits per heavy atom. The number of nitrogens with one attached hydrogen (secondary N) is 2. The zero-order chi connectivity index (χ0) is 12.7. The molecule has 0 heterocycles. The van der Waals surface area contributed by atoms with Gasteiger partial charge in [-0.25, -0.2) is 0 Å². The molecule has 0 aliphatic carbocycles. The van der Waals surface area contributed by atoms with Crippen LogP contribution in [-0.4, -0.2) is 39.1 Å². The number of hydrogen-bond acceptors (Lipinski definition) is 2. The lowest BCUT2D eigenvalue weighted by Crippen LogP contribution is -2.34. The molecule has 0 unspecified atom stereocenters. The fourth-order valence-electron chi connectivity index (χ4n) is 1.68. The van der Waals surface area contributed by atoms with Crippen LogP contribution in [-0.2, 0) is 13.1 Å². The van der Waals surface area contributed by atoms with Gasteiger partial charge in [-0.1, -0.05) is 24.3 Å². The maximum Gasteiger partial charge on any atom is 0.190 e. The van der Waals surface area contributed by atoms with E-state index < -0.39 is 0 Å². The number of aliphatic imine (C=N–C) groups is 1. The summed E-state index contributed by atoms with van der Waals surface area (Å²) in [4.78, 5) is 6.27. The van der Waals surface area contributed by atoms with E-state index in [2.05, 4.69) is 58.9 Å². The van der Waals surface area contributed by atoms with Crippen LogP contribution in [0.15, 0.2) is 29.3 Å². The van der Waals surface area contributed by atoms with Crippen molar-refractivity contribution >= 4 is 29.9 Å². The van der Waals surface area contributed by atoms with Crippen LogP contribution in [0.4, 0.5) is 0 Å². The van der Waals surface area contributed by atoms with Gasteiger partial charge in [0.15, 0.2) is 5.96 Å². The van der Waals surface area contributed by atoms with E-state index in [4.69, 9.17) is 0 Å². The van der Waals surface area contributed by atoms with Gasteiger partial charge >= 0.3 is 0 Å². The molecule has 0 radical (unpaired) electrons. The molecule has 18 heavy (non-hydrogen) atoms. The molecule has 0 aliphatic heterocycles. The van der Waals surface area contributed by atoms with Crippen LogP contribution in [0.25, 0.3) is 0 Å². The van der Waals surface area contributed by atoms with E-state index >= 15 is 0 Å². The molecule has 1 aromatic carbocycles. The van der Waals surface area contributed by atoms with Gasteiger partial charge in [-0.15, -0.1) is 24.0 Å². The van der Waals surface area contributed by atoms with Crippen molar-refractivity contribution in [1.29, 1.82) is 0 Å². The van der Waals surface area contributed by atoms with Crippen LogP contribution < -0.4 is 10.6 Å². The zero-order valence-corrected chi connectivity index (χ0v) is 13.9. The highest BCUT2D eigenvalue weighted by Gasteiger charge is 2.03. The zero-order valence-electron chi connectivity index (χ0n) is 11.5. The third-order valence-electron chi connectivity index (χ3n) is 2.51. The van der Waals surface area contributed by atoms with E-state index in [1.807, 2.05) is 7.05 Å². The second-order valence-electron chi connectivity index (χ2n) is 4.18. The van der Waals surface area contributed by atoms with E-state index in [1.54, 1.807) is 7.05 Å². The molecule has 0 aromatic heterocycles. The first kappa shape index (κ1) is 17.2. The van der Waals surface area contributed by atoms with Crippen LogP contribution >= 0.6 is 24.0 Å². The molecule has 0 bridgehead atoms. The summed E-state index contributed by atoms with van der Waals surface area (Å²) in [5.74, 6) is 0.810. The Morgan fingerprint density at radius 2 is 1.83 bits per heavy atom. The van der Waals surface area contributed by atoms with E-state index in [9.17, 15) is 0 Å². The SMILES string of the molecule is CN=C(NC)NCc1ccccc1CN(C)C.I. The van der Waals surface area contributed by atoms with Gasteiger partial charge in [-0.2, -0.15) is 0 Å². The van der Waals surface area contributed by atoms with Crippen molar-refractivity contribution in [3.63, 3.8) is 0 Å². The van der Waals surface area contributed by atoms with Gasteiger partial charge in [-0.05, 0) is 25.2 Å². The van der Waals surface area contributed by atoms with Gasteiger partial charge in [0.25, 0.3) is 0 Å². The molecule has 0 atom stereocenters. The second-order valence-corrected chi connectivity index (χ2v) is 4.18. The smallest absolute Gasteiger partial charge is 0.190 e. The fraction of sp³-hybridized carbons (Fsp3) is 0.462. The first-order chi connectivity index (χ1) is 8.17. The van der Waals surface area contributed by atoms with Crippen LogP contribution in [0, 0.1) is 0 Å². The summed E-state index contributed by atoms with van der Waals surface area (Å²) < 4.78 is 0. The minimum absolute atomic E-state index is 0. The summed E-state index contributed by atoms with van der Waals surface area (Å²) in [6.45, 7) is 1.74. The standard InChI is InChI=1S/C13H22N4.HI/c1-14-13(15-2)16-9-11-7-5-6-8-12(11)10-17(3)4;/h5-8H,9-10H2,1-4H3,(H2,14,15,16);1H. The van der Waals surface area contributed by atoms with Crippen molar-refractivity contribution in [2.75, 3.05) is 28.2 Å². The van der Waals surface area contributed by atoms with Crippen LogP contribution in [0.2, 0.25) is 0 Å². The molecule has 1 rings (SSSR count). The van der Waals surface area contributed by atoms with Crippen molar-refractivity contribution in [3.05, 3.63) is 35.4 Å². The molecular weight excluding hydrogens is 339 g/mol. The predicted molar refractivity (Wildman–Crippen MR) is 88.5 cm³/mol. The number of benzene rings is 1. The van der Waals surface area contributed by atoms with E-state index in [0.29, 0.717) is 0 Å². The lowest BCUT2D eigenvalue weighted by atomic mass is 10.1. The van der Waals surface area contributed by atoms with Crippen molar-refractivity contribution in [1.82, 2.24) is 15.5 Å². The summed E-state index contributed by atoms with van der Waals surface area (Å²) in [5, 5.41) is 6.28. The average Bonchev–Trinajstić information content (AvgIpc) is 2.31. The Morgan fingerprint density at radius 1 is 1.22 bits per heavy atom. The second kappa shape index (κ2) is 9.16. The van der Waals surface area contributed by atoms with E-state index in [-0.39, 0.29) is 24.0 Å². The van der Waals surface area contributed by atoms with Crippen molar-refractivity contribution in [3.8, 4) is 0 Å². The molecule has 0 spiro atoms. The van der Waals surface area contributed by atoms with E-state index in [0.717, 1.165) is 19.0 Å². The quantitative estimate of drug-likeness (QED) is 0.486. The molecule has 0 saturated carbocycles. The topological polar surface area (TPSA) is 39.7 Å². The number of halogens is 1. The third-order valence-corrected chi connectivity index (χ3v) is 2.51. The minimum Gasteiger partial charge on any atom is -0.359 e. The average molecular weight is 362 g/mol. The van der Waals surface area contributed by atoms with Crippen LogP contribution in [0.3, 0.4) is 0 Å². The van der Waals surface area contributed by atoms with Crippen molar-refractivity contribution in [2.45, 2.75) is 13.1 Å². The highest BCUT2D eigenvalue weighted by molar-refractivity contribution is 14.0. The molecule has 1 aromatic rings. The van der Waals surface area contributed by atoms with E-state index in [1.165, 1.54) is 11.1 Å². The first-order valence-corrected chi connectivity index (χ1v) is 5.77. The molecule has 4 nitrogen and oxygen atoms in total. The van der Waals surface area contributed by atoms with Crippen molar-refractivity contribution in [2.24, 2.45) is 4.99 Å². The fourth-order valence-corrected chi connectivity index (χ4v) is 1.68.